The second kappa shape index (κ2) is 6.82. The summed E-state index contributed by atoms with van der Waals surface area (Å²) in [5.41, 5.74) is 1.09. The van der Waals surface area contributed by atoms with Gasteiger partial charge in [-0.2, -0.15) is 0 Å². The minimum absolute atomic E-state index is 0.0384. The molecule has 0 radical (unpaired) electrons. The van der Waals surface area contributed by atoms with Gasteiger partial charge in [0.1, 0.15) is 0 Å². The molecule has 1 saturated carbocycles. The fraction of sp³-hybridized carbons (Fsp3) is 0.632. The van der Waals surface area contributed by atoms with Crippen LogP contribution < -0.4 is 0 Å². The van der Waals surface area contributed by atoms with E-state index >= 15 is 0 Å². The molecule has 1 aliphatic carbocycles. The van der Waals surface area contributed by atoms with Crippen molar-refractivity contribution >= 4 is 17.5 Å². The second-order valence-corrected chi connectivity index (χ2v) is 8.24. The highest BCUT2D eigenvalue weighted by Crippen LogP contribution is 2.40. The Kier molecular flexibility index (Phi) is 4.98. The van der Waals surface area contributed by atoms with Crippen molar-refractivity contribution in [1.82, 2.24) is 4.90 Å². The van der Waals surface area contributed by atoms with Crippen molar-refractivity contribution in [3.8, 4) is 0 Å². The highest BCUT2D eigenvalue weighted by Gasteiger charge is 2.56. The zero-order chi connectivity index (χ0) is 16.4. The first-order valence-corrected chi connectivity index (χ1v) is 9.03. The van der Waals surface area contributed by atoms with Gasteiger partial charge in [-0.25, -0.2) is 0 Å². The molecule has 0 unspecified atom stereocenters. The molecule has 1 amide bonds. The first-order valence-electron chi connectivity index (χ1n) is 8.65. The topological polar surface area (TPSA) is 29.5 Å². The SMILES string of the molecule is CC(C)(Cl)[C@@H]1[C@H](OCc2ccccc2)C(=O)N1C1CCCCC1. The summed E-state index contributed by atoms with van der Waals surface area (Å²) < 4.78 is 5.96. The predicted octanol–water partition coefficient (Wildman–Crippen LogP) is 4.13. The number of hydrogen-bond donors (Lipinski definition) is 0. The Balaban J connectivity index is 1.68. The van der Waals surface area contributed by atoms with Crippen molar-refractivity contribution < 1.29 is 9.53 Å². The van der Waals surface area contributed by atoms with Crippen LogP contribution in [0.3, 0.4) is 0 Å². The summed E-state index contributed by atoms with van der Waals surface area (Å²) in [7, 11) is 0. The van der Waals surface area contributed by atoms with Crippen LogP contribution >= 0.6 is 11.6 Å². The fourth-order valence-electron chi connectivity index (χ4n) is 3.86. The Morgan fingerprint density at radius 2 is 1.83 bits per heavy atom. The van der Waals surface area contributed by atoms with Crippen LogP contribution in [0.4, 0.5) is 0 Å². The molecule has 0 bridgehead atoms. The molecule has 1 aliphatic heterocycles. The molecule has 1 heterocycles. The average Bonchev–Trinajstić information content (AvgIpc) is 2.53. The molecular formula is C19H26ClNO2. The Morgan fingerprint density at radius 1 is 1.17 bits per heavy atom. The first kappa shape index (κ1) is 16.8. The average molecular weight is 336 g/mol. The van der Waals surface area contributed by atoms with Crippen LogP contribution in [0.1, 0.15) is 51.5 Å². The second-order valence-electron chi connectivity index (χ2n) is 7.26. The molecule has 0 spiro atoms. The van der Waals surface area contributed by atoms with Gasteiger partial charge in [0.25, 0.3) is 5.91 Å². The van der Waals surface area contributed by atoms with Crippen molar-refractivity contribution in [1.29, 1.82) is 0 Å². The van der Waals surface area contributed by atoms with Crippen molar-refractivity contribution in [2.75, 3.05) is 0 Å². The summed E-state index contributed by atoms with van der Waals surface area (Å²) >= 11 is 6.62. The number of benzene rings is 1. The molecule has 4 heteroatoms. The van der Waals surface area contributed by atoms with E-state index < -0.39 is 11.0 Å². The van der Waals surface area contributed by atoms with Crippen LogP contribution in [0.25, 0.3) is 0 Å². The summed E-state index contributed by atoms with van der Waals surface area (Å²) in [5.74, 6) is 0.117. The van der Waals surface area contributed by atoms with Crippen LogP contribution in [-0.4, -0.2) is 33.9 Å². The Labute approximate surface area is 144 Å². The number of rotatable bonds is 5. The first-order chi connectivity index (χ1) is 11.0. The number of amides is 1. The van der Waals surface area contributed by atoms with Gasteiger partial charge in [-0.3, -0.25) is 4.79 Å². The minimum atomic E-state index is -0.479. The van der Waals surface area contributed by atoms with Crippen LogP contribution in [0.15, 0.2) is 30.3 Å². The molecule has 126 valence electrons. The molecule has 2 atom stereocenters. The number of hydrogen-bond acceptors (Lipinski definition) is 2. The summed E-state index contributed by atoms with van der Waals surface area (Å²) in [6.07, 6.45) is 5.48. The van der Waals surface area contributed by atoms with Gasteiger partial charge < -0.3 is 9.64 Å². The standard InChI is InChI=1S/C19H26ClNO2/c1-19(2,20)17-16(23-13-14-9-5-3-6-10-14)18(22)21(17)15-11-7-4-8-12-15/h3,5-6,9-10,15-17H,4,7-8,11-13H2,1-2H3/t16-,17-/m0/s1. The number of nitrogens with zero attached hydrogens (tertiary/aromatic N) is 1. The number of carbonyl (C=O) groups excluding carboxylic acids is 1. The Hall–Kier alpha value is -1.06. The molecule has 23 heavy (non-hydrogen) atoms. The van der Waals surface area contributed by atoms with Gasteiger partial charge in [0.05, 0.1) is 17.5 Å². The van der Waals surface area contributed by atoms with Gasteiger partial charge >= 0.3 is 0 Å². The van der Waals surface area contributed by atoms with Gasteiger partial charge in [0, 0.05) is 6.04 Å². The van der Waals surface area contributed by atoms with E-state index in [0.717, 1.165) is 18.4 Å². The van der Waals surface area contributed by atoms with E-state index in [2.05, 4.69) is 0 Å². The zero-order valence-electron chi connectivity index (χ0n) is 14.0. The normalized spacial score (nSPS) is 26.2. The summed E-state index contributed by atoms with van der Waals surface area (Å²) in [5, 5.41) is 0. The van der Waals surface area contributed by atoms with Crippen molar-refractivity contribution in [2.45, 2.75) is 75.6 Å². The summed E-state index contributed by atoms with van der Waals surface area (Å²) in [4.78, 5) is 14.2. The van der Waals surface area contributed by atoms with Gasteiger partial charge in [-0.05, 0) is 32.3 Å². The van der Waals surface area contributed by atoms with Crippen molar-refractivity contribution in [3.05, 3.63) is 35.9 Å². The van der Waals surface area contributed by atoms with Gasteiger partial charge in [0.15, 0.2) is 6.10 Å². The number of halogens is 1. The molecule has 1 saturated heterocycles. The highest BCUT2D eigenvalue weighted by atomic mass is 35.5. The summed E-state index contributed by atoms with van der Waals surface area (Å²) in [6.45, 7) is 4.43. The number of ether oxygens (including phenoxy) is 1. The smallest absolute Gasteiger partial charge is 0.254 e. The maximum absolute atomic E-state index is 12.7. The third kappa shape index (κ3) is 3.56. The molecule has 3 nitrogen and oxygen atoms in total. The van der Waals surface area contributed by atoms with E-state index in [1.54, 1.807) is 0 Å². The lowest BCUT2D eigenvalue weighted by atomic mass is 9.82. The lowest BCUT2D eigenvalue weighted by Gasteiger charge is -2.55. The number of β-lactam (4-membered cyclic amide) rings is 1. The third-order valence-corrected chi connectivity index (χ3v) is 5.25. The van der Waals surface area contributed by atoms with Gasteiger partial charge in [-0.15, -0.1) is 11.6 Å². The molecule has 1 aromatic carbocycles. The maximum Gasteiger partial charge on any atom is 0.254 e. The van der Waals surface area contributed by atoms with Crippen molar-refractivity contribution in [3.63, 3.8) is 0 Å². The summed E-state index contributed by atoms with van der Waals surface area (Å²) in [6, 6.07) is 10.3. The monoisotopic (exact) mass is 335 g/mol. The predicted molar refractivity (Wildman–Crippen MR) is 92.5 cm³/mol. The zero-order valence-corrected chi connectivity index (χ0v) is 14.8. The molecular weight excluding hydrogens is 310 g/mol. The molecule has 2 fully saturated rings. The number of likely N-dealkylation sites (tertiary alicyclic amines) is 1. The van der Waals surface area contributed by atoms with Crippen LogP contribution in [0.2, 0.25) is 0 Å². The van der Waals surface area contributed by atoms with Gasteiger partial charge in [0.2, 0.25) is 0 Å². The van der Waals surface area contributed by atoms with Gasteiger partial charge in [-0.1, -0.05) is 49.6 Å². The van der Waals surface area contributed by atoms with E-state index in [4.69, 9.17) is 16.3 Å². The number of alkyl halides is 1. The van der Waals surface area contributed by atoms with Crippen molar-refractivity contribution in [2.24, 2.45) is 0 Å². The number of carbonyl (C=O) groups is 1. The molecule has 0 aromatic heterocycles. The lowest BCUT2D eigenvalue weighted by molar-refractivity contribution is -0.185. The third-order valence-electron chi connectivity index (χ3n) is 5.03. The Morgan fingerprint density at radius 3 is 2.43 bits per heavy atom. The lowest BCUT2D eigenvalue weighted by Crippen LogP contribution is -2.73. The van der Waals surface area contributed by atoms with Crippen LogP contribution in [0.5, 0.6) is 0 Å². The van der Waals surface area contributed by atoms with E-state index in [0.29, 0.717) is 12.6 Å². The van der Waals surface area contributed by atoms with Crippen LogP contribution in [-0.2, 0) is 16.1 Å². The van der Waals surface area contributed by atoms with Crippen LogP contribution in [0, 0.1) is 0 Å². The maximum atomic E-state index is 12.7. The quantitative estimate of drug-likeness (QED) is 0.598. The van der Waals surface area contributed by atoms with E-state index in [1.165, 1.54) is 19.3 Å². The van der Waals surface area contributed by atoms with E-state index in [-0.39, 0.29) is 11.9 Å². The largest absolute Gasteiger partial charge is 0.361 e. The molecule has 3 rings (SSSR count). The Bertz CT molecular complexity index is 534. The highest BCUT2D eigenvalue weighted by molar-refractivity contribution is 6.24. The van der Waals surface area contributed by atoms with E-state index in [9.17, 15) is 4.79 Å². The van der Waals surface area contributed by atoms with E-state index in [1.807, 2.05) is 49.1 Å². The molecule has 0 N–H and O–H groups in total. The molecule has 1 aromatic rings. The fourth-order valence-corrected chi connectivity index (χ4v) is 4.08. The molecule has 2 aliphatic rings. The minimum Gasteiger partial charge on any atom is -0.361 e.